The van der Waals surface area contributed by atoms with E-state index in [9.17, 15) is 4.79 Å². The van der Waals surface area contributed by atoms with Crippen molar-refractivity contribution in [3.63, 3.8) is 0 Å². The van der Waals surface area contributed by atoms with E-state index in [4.69, 9.17) is 0 Å². The zero-order valence-electron chi connectivity index (χ0n) is 16.1. The summed E-state index contributed by atoms with van der Waals surface area (Å²) in [7, 11) is 0. The number of hydrogen-bond acceptors (Lipinski definition) is 5. The summed E-state index contributed by atoms with van der Waals surface area (Å²) in [6, 6.07) is 9.53. The number of nitrogens with zero attached hydrogens (tertiary/aromatic N) is 6. The highest BCUT2D eigenvalue weighted by atomic mass is 35.5. The molecule has 1 aromatic carbocycles. The molecular formula is C20H24ClN7O. The molecule has 152 valence electrons. The molecule has 0 bridgehead atoms. The molecular weight excluding hydrogens is 390 g/mol. The highest BCUT2D eigenvalue weighted by molar-refractivity contribution is 5.94. The second kappa shape index (κ2) is 8.34. The number of carbonyl (C=O) groups excluding carboxylic acids is 1. The van der Waals surface area contributed by atoms with Gasteiger partial charge in [0, 0.05) is 50.1 Å². The maximum atomic E-state index is 13.0. The average Bonchev–Trinajstić information content (AvgIpc) is 3.44. The molecule has 0 aliphatic carbocycles. The van der Waals surface area contributed by atoms with Gasteiger partial charge in [0.25, 0.3) is 5.91 Å². The maximum absolute atomic E-state index is 13.0. The van der Waals surface area contributed by atoms with Crippen LogP contribution in [-0.2, 0) is 13.1 Å². The normalized spacial score (nSPS) is 16.9. The first-order valence-corrected chi connectivity index (χ1v) is 9.81. The van der Waals surface area contributed by atoms with Crippen molar-refractivity contribution in [2.24, 2.45) is 0 Å². The second-order valence-electron chi connectivity index (χ2n) is 7.37. The first-order valence-electron chi connectivity index (χ1n) is 9.81. The van der Waals surface area contributed by atoms with Crippen molar-refractivity contribution in [2.75, 3.05) is 19.6 Å². The molecule has 0 radical (unpaired) electrons. The van der Waals surface area contributed by atoms with Gasteiger partial charge in [0.1, 0.15) is 11.6 Å². The first-order chi connectivity index (χ1) is 13.8. The minimum Gasteiger partial charge on any atom is -0.339 e. The van der Waals surface area contributed by atoms with Crippen LogP contribution < -0.4 is 5.32 Å². The van der Waals surface area contributed by atoms with Crippen molar-refractivity contribution in [2.45, 2.75) is 31.8 Å². The van der Waals surface area contributed by atoms with E-state index in [0.29, 0.717) is 11.5 Å². The van der Waals surface area contributed by atoms with Gasteiger partial charge in [0.15, 0.2) is 0 Å². The van der Waals surface area contributed by atoms with Gasteiger partial charge in [-0.25, -0.2) is 4.68 Å². The average molecular weight is 414 g/mol. The predicted molar refractivity (Wildman–Crippen MR) is 110 cm³/mol. The molecule has 2 aliphatic rings. The largest absolute Gasteiger partial charge is 0.339 e. The molecule has 0 spiro atoms. The molecule has 8 nitrogen and oxygen atoms in total. The minimum absolute atomic E-state index is 0. The Balaban J connectivity index is 0.00000205. The quantitative estimate of drug-likeness (QED) is 0.710. The number of fused-ring (bicyclic) bond motifs is 1. The van der Waals surface area contributed by atoms with E-state index in [0.717, 1.165) is 62.9 Å². The van der Waals surface area contributed by atoms with Crippen LogP contribution in [0.2, 0.25) is 0 Å². The smallest absolute Gasteiger partial charge is 0.253 e. The summed E-state index contributed by atoms with van der Waals surface area (Å²) in [4.78, 5) is 15.0. The predicted octanol–water partition coefficient (Wildman–Crippen LogP) is 2.01. The summed E-state index contributed by atoms with van der Waals surface area (Å²) in [6.07, 6.45) is 5.47. The molecule has 9 heteroatoms. The van der Waals surface area contributed by atoms with E-state index in [1.807, 2.05) is 41.4 Å². The SMILES string of the molecule is Cl.O=C(c1cccc(-n2cccn2)c1)N1CCC(c2nnc3n2CCNC3)CC1. The molecule has 1 N–H and O–H groups in total. The van der Waals surface area contributed by atoms with Crippen molar-refractivity contribution >= 4 is 18.3 Å². The summed E-state index contributed by atoms with van der Waals surface area (Å²) >= 11 is 0. The second-order valence-corrected chi connectivity index (χ2v) is 7.37. The fraction of sp³-hybridized carbons (Fsp3) is 0.400. The Bertz CT molecular complexity index is 977. The molecule has 0 unspecified atom stereocenters. The number of aromatic nitrogens is 5. The molecule has 1 fully saturated rings. The number of amides is 1. The standard InChI is InChI=1S/C20H23N7O.ClH/c28-20(16-3-1-4-17(13-16)27-9-2-7-22-27)25-10-5-15(6-11-25)19-24-23-18-14-21-8-12-26(18)19;/h1-4,7,9,13,15,21H,5-6,8,10-12,14H2;1H. The molecule has 3 aromatic rings. The number of hydrogen-bond donors (Lipinski definition) is 1. The summed E-state index contributed by atoms with van der Waals surface area (Å²) in [5.41, 5.74) is 1.60. The molecule has 29 heavy (non-hydrogen) atoms. The Kier molecular flexibility index (Phi) is 5.64. The number of likely N-dealkylation sites (tertiary alicyclic amines) is 1. The fourth-order valence-corrected chi connectivity index (χ4v) is 4.14. The van der Waals surface area contributed by atoms with Crippen LogP contribution in [0.5, 0.6) is 0 Å². The third-order valence-corrected chi connectivity index (χ3v) is 5.66. The van der Waals surface area contributed by atoms with E-state index in [1.54, 1.807) is 10.9 Å². The lowest BCUT2D eigenvalue weighted by Gasteiger charge is -2.32. The number of nitrogens with one attached hydrogen (secondary N) is 1. The number of piperidine rings is 1. The van der Waals surface area contributed by atoms with Gasteiger partial charge in [-0.05, 0) is 37.1 Å². The molecule has 1 saturated heterocycles. The third kappa shape index (κ3) is 3.77. The van der Waals surface area contributed by atoms with E-state index >= 15 is 0 Å². The zero-order valence-corrected chi connectivity index (χ0v) is 16.9. The molecule has 4 heterocycles. The first kappa shape index (κ1) is 19.6. The molecule has 0 saturated carbocycles. The number of halogens is 1. The molecule has 2 aromatic heterocycles. The van der Waals surface area contributed by atoms with Crippen LogP contribution in [0.25, 0.3) is 5.69 Å². The van der Waals surface area contributed by atoms with E-state index in [1.165, 1.54) is 0 Å². The van der Waals surface area contributed by atoms with Crippen LogP contribution in [-0.4, -0.2) is 55.0 Å². The van der Waals surface area contributed by atoms with Gasteiger partial charge in [-0.3, -0.25) is 4.79 Å². The number of benzene rings is 1. The van der Waals surface area contributed by atoms with Crippen molar-refractivity contribution in [3.8, 4) is 5.69 Å². The lowest BCUT2D eigenvalue weighted by atomic mass is 9.95. The molecule has 1 amide bonds. The van der Waals surface area contributed by atoms with Crippen molar-refractivity contribution < 1.29 is 4.79 Å². The lowest BCUT2D eigenvalue weighted by Crippen LogP contribution is -2.39. The Morgan fingerprint density at radius 2 is 1.97 bits per heavy atom. The number of carbonyl (C=O) groups is 1. The Morgan fingerprint density at radius 3 is 2.76 bits per heavy atom. The topological polar surface area (TPSA) is 80.9 Å². The van der Waals surface area contributed by atoms with Gasteiger partial charge >= 0.3 is 0 Å². The van der Waals surface area contributed by atoms with Crippen LogP contribution in [0.3, 0.4) is 0 Å². The summed E-state index contributed by atoms with van der Waals surface area (Å²) in [6.45, 7) is 4.17. The minimum atomic E-state index is 0. The third-order valence-electron chi connectivity index (χ3n) is 5.66. The van der Waals surface area contributed by atoms with Crippen molar-refractivity contribution in [1.29, 1.82) is 0 Å². The summed E-state index contributed by atoms with van der Waals surface area (Å²) in [5.74, 6) is 2.57. The van der Waals surface area contributed by atoms with Gasteiger partial charge < -0.3 is 14.8 Å². The van der Waals surface area contributed by atoms with Crippen LogP contribution >= 0.6 is 12.4 Å². The monoisotopic (exact) mass is 413 g/mol. The number of rotatable bonds is 3. The van der Waals surface area contributed by atoms with E-state index in [2.05, 4.69) is 25.2 Å². The van der Waals surface area contributed by atoms with Gasteiger partial charge in [-0.15, -0.1) is 22.6 Å². The zero-order chi connectivity index (χ0) is 18.9. The van der Waals surface area contributed by atoms with Gasteiger partial charge in [0.2, 0.25) is 0 Å². The molecule has 2 aliphatic heterocycles. The van der Waals surface area contributed by atoms with E-state index in [-0.39, 0.29) is 18.3 Å². The summed E-state index contributed by atoms with van der Waals surface area (Å²) < 4.78 is 4.03. The van der Waals surface area contributed by atoms with Crippen molar-refractivity contribution in [3.05, 3.63) is 59.9 Å². The van der Waals surface area contributed by atoms with Crippen LogP contribution in [0, 0.1) is 0 Å². The maximum Gasteiger partial charge on any atom is 0.253 e. The highest BCUT2D eigenvalue weighted by Gasteiger charge is 2.29. The van der Waals surface area contributed by atoms with Crippen molar-refractivity contribution in [1.82, 2.24) is 34.8 Å². The Labute approximate surface area is 175 Å². The molecule has 0 atom stereocenters. The Hall–Kier alpha value is -2.71. The van der Waals surface area contributed by atoms with Gasteiger partial charge in [0.05, 0.1) is 12.2 Å². The lowest BCUT2D eigenvalue weighted by molar-refractivity contribution is 0.0710. The summed E-state index contributed by atoms with van der Waals surface area (Å²) in [5, 5.41) is 16.4. The Morgan fingerprint density at radius 1 is 1.10 bits per heavy atom. The van der Waals surface area contributed by atoms with Gasteiger partial charge in [-0.1, -0.05) is 6.07 Å². The van der Waals surface area contributed by atoms with Crippen LogP contribution in [0.15, 0.2) is 42.7 Å². The van der Waals surface area contributed by atoms with E-state index < -0.39 is 0 Å². The highest BCUT2D eigenvalue weighted by Crippen LogP contribution is 2.28. The molecule has 5 rings (SSSR count). The van der Waals surface area contributed by atoms with Crippen LogP contribution in [0.4, 0.5) is 0 Å². The fourth-order valence-electron chi connectivity index (χ4n) is 4.14. The van der Waals surface area contributed by atoms with Gasteiger partial charge in [-0.2, -0.15) is 5.10 Å². The van der Waals surface area contributed by atoms with Crippen LogP contribution in [0.1, 0.15) is 40.8 Å².